The summed E-state index contributed by atoms with van der Waals surface area (Å²) in [5, 5.41) is 9.17. The van der Waals surface area contributed by atoms with Crippen LogP contribution in [0.4, 0.5) is 13.2 Å². The Balaban J connectivity index is 2.64. The van der Waals surface area contributed by atoms with Gasteiger partial charge in [-0.2, -0.15) is 13.2 Å². The second-order valence-corrected chi connectivity index (χ2v) is 5.71. The number of benzene rings is 1. The molecule has 0 aliphatic carbocycles. The standard InChI is InChI=1S/C14H7Cl3F3NO2/c15-8-3-6(4-9(16)13(8)17)7-1-2-11(14(18,19)20)21-10(7)5-12(22)23/h1-4H,5H2,(H,22,23). The Labute approximate surface area is 143 Å². The molecule has 0 atom stereocenters. The first-order valence-corrected chi connectivity index (χ1v) is 7.17. The van der Waals surface area contributed by atoms with Crippen LogP contribution < -0.4 is 0 Å². The van der Waals surface area contributed by atoms with E-state index in [1.165, 1.54) is 12.1 Å². The van der Waals surface area contributed by atoms with Crippen LogP contribution in [0.5, 0.6) is 0 Å². The molecule has 2 aromatic rings. The Hall–Kier alpha value is -1.50. The molecule has 0 radical (unpaired) electrons. The number of rotatable bonds is 3. The second kappa shape index (κ2) is 6.55. The number of nitrogens with zero attached hydrogens (tertiary/aromatic N) is 1. The van der Waals surface area contributed by atoms with Gasteiger partial charge >= 0.3 is 12.1 Å². The maximum atomic E-state index is 12.8. The number of carboxylic acid groups (broad SMARTS) is 1. The van der Waals surface area contributed by atoms with Gasteiger partial charge in [0, 0.05) is 5.56 Å². The number of aromatic nitrogens is 1. The van der Waals surface area contributed by atoms with Crippen LogP contribution in [-0.4, -0.2) is 16.1 Å². The molecule has 0 fully saturated rings. The van der Waals surface area contributed by atoms with Gasteiger partial charge in [-0.05, 0) is 23.8 Å². The van der Waals surface area contributed by atoms with Crippen molar-refractivity contribution in [1.29, 1.82) is 0 Å². The molecule has 1 N–H and O–H groups in total. The molecular formula is C14H7Cl3F3NO2. The van der Waals surface area contributed by atoms with Crippen molar-refractivity contribution >= 4 is 40.8 Å². The maximum absolute atomic E-state index is 12.8. The molecule has 9 heteroatoms. The zero-order valence-electron chi connectivity index (χ0n) is 11.1. The van der Waals surface area contributed by atoms with E-state index in [1.54, 1.807) is 0 Å². The lowest BCUT2D eigenvalue weighted by molar-refractivity contribution is -0.142. The lowest BCUT2D eigenvalue weighted by atomic mass is 10.0. The van der Waals surface area contributed by atoms with E-state index < -0.39 is 24.3 Å². The number of halogens is 6. The summed E-state index contributed by atoms with van der Waals surface area (Å²) in [4.78, 5) is 14.3. The van der Waals surface area contributed by atoms with E-state index >= 15 is 0 Å². The van der Waals surface area contributed by atoms with Crippen LogP contribution in [0.15, 0.2) is 24.3 Å². The average Bonchev–Trinajstić information content (AvgIpc) is 2.42. The van der Waals surface area contributed by atoms with Crippen molar-refractivity contribution in [2.75, 3.05) is 0 Å². The molecule has 0 spiro atoms. The van der Waals surface area contributed by atoms with Gasteiger partial charge in [-0.1, -0.05) is 40.9 Å². The van der Waals surface area contributed by atoms with Gasteiger partial charge < -0.3 is 5.11 Å². The van der Waals surface area contributed by atoms with Crippen molar-refractivity contribution in [3.63, 3.8) is 0 Å². The third-order valence-electron chi connectivity index (χ3n) is 2.88. The van der Waals surface area contributed by atoms with Gasteiger partial charge in [0.05, 0.1) is 27.2 Å². The first kappa shape index (κ1) is 17.8. The highest BCUT2D eigenvalue weighted by molar-refractivity contribution is 6.48. The molecule has 23 heavy (non-hydrogen) atoms. The van der Waals surface area contributed by atoms with Crippen LogP contribution in [0.25, 0.3) is 11.1 Å². The quantitative estimate of drug-likeness (QED) is 0.725. The topological polar surface area (TPSA) is 50.2 Å². The fourth-order valence-corrected chi connectivity index (χ4v) is 2.51. The van der Waals surface area contributed by atoms with E-state index in [1.807, 2.05) is 0 Å². The van der Waals surface area contributed by atoms with E-state index in [0.29, 0.717) is 5.56 Å². The lowest BCUT2D eigenvalue weighted by Crippen LogP contribution is -2.12. The zero-order chi connectivity index (χ0) is 17.4. The van der Waals surface area contributed by atoms with Gasteiger partial charge in [-0.25, -0.2) is 4.98 Å². The molecule has 0 unspecified atom stereocenters. The van der Waals surface area contributed by atoms with Crippen LogP contribution in [0.2, 0.25) is 15.1 Å². The molecular weight excluding hydrogens is 378 g/mol. The SMILES string of the molecule is O=C(O)Cc1nc(C(F)(F)F)ccc1-c1cc(Cl)c(Cl)c(Cl)c1. The maximum Gasteiger partial charge on any atom is 0.433 e. The normalized spacial score (nSPS) is 11.6. The Morgan fingerprint density at radius 2 is 1.70 bits per heavy atom. The van der Waals surface area contributed by atoms with E-state index in [2.05, 4.69) is 4.98 Å². The van der Waals surface area contributed by atoms with Gasteiger partial charge in [0.2, 0.25) is 0 Å². The minimum atomic E-state index is -4.68. The number of alkyl halides is 3. The number of hydrogen-bond acceptors (Lipinski definition) is 2. The van der Waals surface area contributed by atoms with E-state index in [9.17, 15) is 18.0 Å². The summed E-state index contributed by atoms with van der Waals surface area (Å²) in [6.07, 6.45) is -5.36. The third-order valence-corrected chi connectivity index (χ3v) is 4.07. The fourth-order valence-electron chi connectivity index (χ4n) is 1.91. The predicted octanol–water partition coefficient (Wildman–Crippen LogP) is 5.35. The van der Waals surface area contributed by atoms with Crippen molar-refractivity contribution in [3.8, 4) is 11.1 Å². The Kier molecular flexibility index (Phi) is 5.08. The van der Waals surface area contributed by atoms with Gasteiger partial charge in [-0.3, -0.25) is 4.79 Å². The van der Waals surface area contributed by atoms with Crippen molar-refractivity contribution in [2.45, 2.75) is 12.6 Å². The molecule has 1 aromatic carbocycles. The summed E-state index contributed by atoms with van der Waals surface area (Å²) in [6.45, 7) is 0. The first-order chi connectivity index (χ1) is 10.6. The number of pyridine rings is 1. The van der Waals surface area contributed by atoms with Crippen molar-refractivity contribution in [3.05, 3.63) is 50.7 Å². The molecule has 0 saturated carbocycles. The molecule has 1 heterocycles. The number of carbonyl (C=O) groups is 1. The highest BCUT2D eigenvalue weighted by Gasteiger charge is 2.33. The molecule has 0 amide bonds. The van der Waals surface area contributed by atoms with Gasteiger partial charge in [0.15, 0.2) is 0 Å². The minimum Gasteiger partial charge on any atom is -0.481 e. The Morgan fingerprint density at radius 1 is 1.13 bits per heavy atom. The molecule has 2 rings (SSSR count). The molecule has 0 aliphatic heterocycles. The minimum absolute atomic E-state index is 0.0929. The number of carboxylic acids is 1. The van der Waals surface area contributed by atoms with Crippen LogP contribution >= 0.6 is 34.8 Å². The summed E-state index contributed by atoms with van der Waals surface area (Å²) in [5.74, 6) is -1.32. The number of hydrogen-bond donors (Lipinski definition) is 1. The fraction of sp³-hybridized carbons (Fsp3) is 0.143. The van der Waals surface area contributed by atoms with Crippen molar-refractivity contribution < 1.29 is 23.1 Å². The van der Waals surface area contributed by atoms with Crippen LogP contribution in [0, 0.1) is 0 Å². The monoisotopic (exact) mass is 383 g/mol. The van der Waals surface area contributed by atoms with E-state index in [-0.39, 0.29) is 26.3 Å². The summed E-state index contributed by atoms with van der Waals surface area (Å²) in [7, 11) is 0. The van der Waals surface area contributed by atoms with Gasteiger partial charge in [0.1, 0.15) is 5.69 Å². The lowest BCUT2D eigenvalue weighted by Gasteiger charge is -2.13. The Bertz CT molecular complexity index is 755. The zero-order valence-corrected chi connectivity index (χ0v) is 13.4. The van der Waals surface area contributed by atoms with Crippen LogP contribution in [0.3, 0.4) is 0 Å². The summed E-state index contributed by atoms with van der Waals surface area (Å²) in [5.41, 5.74) is -0.923. The smallest absolute Gasteiger partial charge is 0.433 e. The molecule has 3 nitrogen and oxygen atoms in total. The molecule has 0 aliphatic rings. The van der Waals surface area contributed by atoms with Crippen molar-refractivity contribution in [1.82, 2.24) is 4.98 Å². The third kappa shape index (κ3) is 4.07. The summed E-state index contributed by atoms with van der Waals surface area (Å²) < 4.78 is 38.3. The highest BCUT2D eigenvalue weighted by Crippen LogP contribution is 2.37. The van der Waals surface area contributed by atoms with E-state index in [4.69, 9.17) is 39.9 Å². The molecule has 122 valence electrons. The average molecular weight is 385 g/mol. The Morgan fingerprint density at radius 3 is 2.17 bits per heavy atom. The second-order valence-electron chi connectivity index (χ2n) is 4.51. The highest BCUT2D eigenvalue weighted by atomic mass is 35.5. The predicted molar refractivity (Wildman–Crippen MR) is 81.0 cm³/mol. The molecule has 0 bridgehead atoms. The number of aliphatic carboxylic acids is 1. The van der Waals surface area contributed by atoms with Crippen LogP contribution in [0.1, 0.15) is 11.4 Å². The van der Waals surface area contributed by atoms with Gasteiger partial charge in [-0.15, -0.1) is 0 Å². The van der Waals surface area contributed by atoms with Crippen molar-refractivity contribution in [2.24, 2.45) is 0 Å². The first-order valence-electron chi connectivity index (χ1n) is 6.03. The largest absolute Gasteiger partial charge is 0.481 e. The van der Waals surface area contributed by atoms with Crippen LogP contribution in [-0.2, 0) is 17.4 Å². The molecule has 0 saturated heterocycles. The molecule has 1 aromatic heterocycles. The summed E-state index contributed by atoms with van der Waals surface area (Å²) in [6, 6.07) is 4.65. The summed E-state index contributed by atoms with van der Waals surface area (Å²) >= 11 is 17.6. The van der Waals surface area contributed by atoms with E-state index in [0.717, 1.165) is 12.1 Å². The van der Waals surface area contributed by atoms with Gasteiger partial charge in [0.25, 0.3) is 0 Å².